The van der Waals surface area contributed by atoms with E-state index in [1.807, 2.05) is 18.2 Å². The van der Waals surface area contributed by atoms with Crippen LogP contribution in [0.3, 0.4) is 0 Å². The number of benzene rings is 1. The Bertz CT molecular complexity index is 891. The van der Waals surface area contributed by atoms with E-state index < -0.39 is 24.4 Å². The summed E-state index contributed by atoms with van der Waals surface area (Å²) in [6.45, 7) is 1.30. The van der Waals surface area contributed by atoms with E-state index in [-0.39, 0.29) is 29.4 Å². The molecule has 28 heavy (non-hydrogen) atoms. The number of aryl methyl sites for hydroxylation is 1. The van der Waals surface area contributed by atoms with Crippen LogP contribution in [0.25, 0.3) is 0 Å². The summed E-state index contributed by atoms with van der Waals surface area (Å²) in [4.78, 5) is 37.8. The Morgan fingerprint density at radius 2 is 1.86 bits per heavy atom. The molecule has 1 aromatic carbocycles. The van der Waals surface area contributed by atoms with Crippen LogP contribution in [-0.2, 0) is 14.3 Å². The Balaban J connectivity index is 1.40. The van der Waals surface area contributed by atoms with Crippen molar-refractivity contribution >= 4 is 23.5 Å². The van der Waals surface area contributed by atoms with Crippen LogP contribution in [-0.4, -0.2) is 29.4 Å². The molecule has 0 saturated heterocycles. The van der Waals surface area contributed by atoms with Gasteiger partial charge in [-0.05, 0) is 38.0 Å². The maximum atomic E-state index is 13.0. The molecule has 2 bridgehead atoms. The molecular weight excluding hydrogens is 360 g/mol. The van der Waals surface area contributed by atoms with Gasteiger partial charge in [0.1, 0.15) is 5.76 Å². The van der Waals surface area contributed by atoms with Gasteiger partial charge < -0.3 is 14.6 Å². The number of ether oxygens (including phenoxy) is 1. The molecule has 2 aliphatic rings. The number of Topliss-reactive ketones (excluding diaryl/α,β-unsaturated/α-hetero) is 1. The number of anilines is 1. The molecule has 2 aromatic rings. The number of aromatic nitrogens is 1. The van der Waals surface area contributed by atoms with Crippen molar-refractivity contribution in [3.05, 3.63) is 47.7 Å². The number of carbonyl (C=O) groups excluding carboxylic acids is 3. The Kier molecular flexibility index (Phi) is 4.98. The van der Waals surface area contributed by atoms with E-state index in [4.69, 9.17) is 9.26 Å². The van der Waals surface area contributed by atoms with Crippen LogP contribution in [0.15, 0.2) is 40.9 Å². The van der Waals surface area contributed by atoms with Crippen LogP contribution in [0.5, 0.6) is 0 Å². The number of amides is 1. The van der Waals surface area contributed by atoms with Crippen LogP contribution in [0, 0.1) is 30.6 Å². The third-order valence-electron chi connectivity index (χ3n) is 5.79. The summed E-state index contributed by atoms with van der Waals surface area (Å²) in [7, 11) is 0. The molecule has 7 nitrogen and oxygen atoms in total. The minimum atomic E-state index is -0.490. The van der Waals surface area contributed by atoms with Crippen molar-refractivity contribution in [1.82, 2.24) is 5.16 Å². The normalized spacial score (nSPS) is 25.5. The van der Waals surface area contributed by atoms with Gasteiger partial charge in [0.25, 0.3) is 5.91 Å². The minimum Gasteiger partial charge on any atom is -0.455 e. The van der Waals surface area contributed by atoms with Crippen molar-refractivity contribution in [2.45, 2.75) is 26.2 Å². The van der Waals surface area contributed by atoms with Crippen molar-refractivity contribution < 1.29 is 23.6 Å². The second kappa shape index (κ2) is 7.58. The van der Waals surface area contributed by atoms with Crippen LogP contribution in [0.1, 0.15) is 35.4 Å². The highest BCUT2D eigenvalue weighted by atomic mass is 16.5. The van der Waals surface area contributed by atoms with Gasteiger partial charge in [0.05, 0.1) is 5.92 Å². The van der Waals surface area contributed by atoms with E-state index in [1.165, 1.54) is 0 Å². The molecule has 2 fully saturated rings. The van der Waals surface area contributed by atoms with Gasteiger partial charge in [0, 0.05) is 17.5 Å². The fraction of sp³-hybridized carbons (Fsp3) is 0.429. The molecule has 0 spiro atoms. The van der Waals surface area contributed by atoms with Gasteiger partial charge in [0.2, 0.25) is 0 Å². The van der Waals surface area contributed by atoms with Gasteiger partial charge >= 0.3 is 5.97 Å². The molecule has 1 heterocycles. The van der Waals surface area contributed by atoms with E-state index in [9.17, 15) is 14.4 Å². The predicted molar refractivity (Wildman–Crippen MR) is 99.4 cm³/mol. The number of nitrogens with one attached hydrogen (secondary N) is 1. The zero-order valence-electron chi connectivity index (χ0n) is 15.6. The molecule has 4 rings (SSSR count). The van der Waals surface area contributed by atoms with Gasteiger partial charge in [-0.1, -0.05) is 35.5 Å². The topological polar surface area (TPSA) is 98.5 Å². The Labute approximate surface area is 162 Å². The third-order valence-corrected chi connectivity index (χ3v) is 5.79. The maximum Gasteiger partial charge on any atom is 0.310 e. The fourth-order valence-electron chi connectivity index (χ4n) is 4.64. The van der Waals surface area contributed by atoms with Crippen LogP contribution >= 0.6 is 0 Å². The fourth-order valence-corrected chi connectivity index (χ4v) is 4.64. The summed E-state index contributed by atoms with van der Waals surface area (Å²) in [5, 5.41) is 6.18. The van der Waals surface area contributed by atoms with Crippen LogP contribution < -0.4 is 5.32 Å². The third kappa shape index (κ3) is 3.56. The average molecular weight is 382 g/mol. The Morgan fingerprint density at radius 3 is 2.54 bits per heavy atom. The summed E-state index contributed by atoms with van der Waals surface area (Å²) < 4.78 is 10.2. The maximum absolute atomic E-state index is 13.0. The summed E-state index contributed by atoms with van der Waals surface area (Å²) in [6.07, 6.45) is 2.75. The number of nitrogens with zero attached hydrogens (tertiary/aromatic N) is 1. The highest BCUT2D eigenvalue weighted by Crippen LogP contribution is 2.53. The van der Waals surface area contributed by atoms with Gasteiger partial charge in [-0.15, -0.1) is 0 Å². The van der Waals surface area contributed by atoms with Crippen LogP contribution in [0.4, 0.5) is 5.82 Å². The summed E-state index contributed by atoms with van der Waals surface area (Å²) in [5.74, 6) is -0.602. The van der Waals surface area contributed by atoms with E-state index in [0.717, 1.165) is 19.3 Å². The van der Waals surface area contributed by atoms with Crippen molar-refractivity contribution in [1.29, 1.82) is 0 Å². The van der Waals surface area contributed by atoms with Gasteiger partial charge in [-0.3, -0.25) is 14.4 Å². The first-order valence-corrected chi connectivity index (χ1v) is 9.52. The Morgan fingerprint density at radius 1 is 1.14 bits per heavy atom. The van der Waals surface area contributed by atoms with Crippen molar-refractivity contribution in [3.8, 4) is 0 Å². The number of hydrogen-bond acceptors (Lipinski definition) is 6. The second-order valence-electron chi connectivity index (χ2n) is 7.59. The van der Waals surface area contributed by atoms with Gasteiger partial charge in [0.15, 0.2) is 18.2 Å². The first kappa shape index (κ1) is 18.4. The molecule has 2 aliphatic carbocycles. The minimum absolute atomic E-state index is 0.00252. The quantitative estimate of drug-likeness (QED) is 0.609. The monoisotopic (exact) mass is 382 g/mol. The lowest BCUT2D eigenvalue weighted by atomic mass is 9.75. The largest absolute Gasteiger partial charge is 0.455 e. The number of esters is 1. The zero-order chi connectivity index (χ0) is 19.7. The highest BCUT2D eigenvalue weighted by Gasteiger charge is 2.54. The van der Waals surface area contributed by atoms with E-state index >= 15 is 0 Å². The smallest absolute Gasteiger partial charge is 0.310 e. The SMILES string of the molecule is Cc1cc(NC(=O)COC(=O)C2C3CCC(C3)C2C(=O)c2ccccc2)no1. The van der Waals surface area contributed by atoms with Crippen molar-refractivity contribution in [2.24, 2.45) is 23.7 Å². The molecule has 1 N–H and O–H groups in total. The van der Waals surface area contributed by atoms with Crippen LogP contribution in [0.2, 0.25) is 0 Å². The number of ketones is 1. The number of rotatable bonds is 6. The molecule has 7 heteroatoms. The van der Waals surface area contributed by atoms with E-state index in [0.29, 0.717) is 11.3 Å². The molecule has 0 aliphatic heterocycles. The molecule has 1 aromatic heterocycles. The van der Waals surface area contributed by atoms with E-state index in [1.54, 1.807) is 25.1 Å². The first-order valence-electron chi connectivity index (χ1n) is 9.52. The van der Waals surface area contributed by atoms with Crippen molar-refractivity contribution in [2.75, 3.05) is 11.9 Å². The van der Waals surface area contributed by atoms with Crippen molar-refractivity contribution in [3.63, 3.8) is 0 Å². The Hall–Kier alpha value is -2.96. The molecule has 1 amide bonds. The van der Waals surface area contributed by atoms with Gasteiger partial charge in [-0.25, -0.2) is 0 Å². The lowest BCUT2D eigenvalue weighted by Crippen LogP contribution is -2.37. The second-order valence-corrected chi connectivity index (χ2v) is 7.59. The summed E-state index contributed by atoms with van der Waals surface area (Å²) >= 11 is 0. The predicted octanol–water partition coefficient (Wildman–Crippen LogP) is 3.01. The molecule has 0 radical (unpaired) electrons. The highest BCUT2D eigenvalue weighted by molar-refractivity contribution is 6.01. The summed E-state index contributed by atoms with van der Waals surface area (Å²) in [6, 6.07) is 10.6. The lowest BCUT2D eigenvalue weighted by Gasteiger charge is -2.28. The zero-order valence-corrected chi connectivity index (χ0v) is 15.6. The number of hydrogen-bond donors (Lipinski definition) is 1. The molecule has 4 atom stereocenters. The molecule has 2 saturated carbocycles. The standard InChI is InChI=1S/C21H22N2O5/c1-12-9-16(23-28-12)22-17(24)11-27-21(26)19-15-8-7-14(10-15)18(19)20(25)13-5-3-2-4-6-13/h2-6,9,14-15,18-19H,7-8,10-11H2,1H3,(H,22,23,24). The van der Waals surface area contributed by atoms with E-state index in [2.05, 4.69) is 10.5 Å². The number of fused-ring (bicyclic) bond motifs is 2. The molecule has 4 unspecified atom stereocenters. The molecule has 146 valence electrons. The summed E-state index contributed by atoms with van der Waals surface area (Å²) in [5.41, 5.74) is 0.622. The average Bonchev–Trinajstić information content (AvgIpc) is 3.42. The van der Waals surface area contributed by atoms with Gasteiger partial charge in [-0.2, -0.15) is 0 Å². The number of carbonyl (C=O) groups is 3. The first-order chi connectivity index (χ1) is 13.5. The lowest BCUT2D eigenvalue weighted by molar-refractivity contribution is -0.154. The molecular formula is C21H22N2O5.